The molecule has 3 fully saturated rings. The van der Waals surface area contributed by atoms with Crippen molar-refractivity contribution in [2.45, 2.75) is 45.6 Å². The number of carbonyl (C=O) groups excluding carboxylic acids is 1. The van der Waals surface area contributed by atoms with Crippen LogP contribution in [-0.4, -0.2) is 17.0 Å². The molecule has 0 aliphatic heterocycles. The lowest BCUT2D eigenvalue weighted by molar-refractivity contribution is -0.110. The van der Waals surface area contributed by atoms with Crippen molar-refractivity contribution < 1.29 is 18.7 Å². The Labute approximate surface area is 147 Å². The first kappa shape index (κ1) is 16.9. The monoisotopic (exact) mass is 346 g/mol. The molecule has 0 bridgehead atoms. The number of fused-ring (bicyclic) bond motifs is 5. The second-order valence-corrected chi connectivity index (χ2v) is 8.54. The summed E-state index contributed by atoms with van der Waals surface area (Å²) in [6.07, 6.45) is 8.75. The van der Waals surface area contributed by atoms with Crippen molar-refractivity contribution in [1.29, 1.82) is 0 Å². The van der Waals surface area contributed by atoms with Gasteiger partial charge >= 0.3 is 0 Å². The molecule has 0 aromatic carbocycles. The van der Waals surface area contributed by atoms with E-state index in [0.29, 0.717) is 30.2 Å². The molecule has 4 aliphatic rings. The summed E-state index contributed by atoms with van der Waals surface area (Å²) in [6.45, 7) is 4.13. The van der Waals surface area contributed by atoms with Crippen LogP contribution in [0.3, 0.4) is 0 Å². The zero-order valence-corrected chi connectivity index (χ0v) is 14.6. The molecule has 4 rings (SSSR count). The molecule has 25 heavy (non-hydrogen) atoms. The third-order valence-corrected chi connectivity index (χ3v) is 7.64. The minimum atomic E-state index is -0.474. The Morgan fingerprint density at radius 1 is 1.16 bits per heavy atom. The fraction of sp³-hybridized carbons (Fsp3) is 0.571. The van der Waals surface area contributed by atoms with Crippen molar-refractivity contribution in [3.63, 3.8) is 0 Å². The molecule has 1 N–H and O–H groups in total. The van der Waals surface area contributed by atoms with Gasteiger partial charge in [-0.2, -0.15) is 0 Å². The van der Waals surface area contributed by atoms with Gasteiger partial charge in [-0.25, -0.2) is 8.78 Å². The van der Waals surface area contributed by atoms with Gasteiger partial charge in [0.2, 0.25) is 0 Å². The van der Waals surface area contributed by atoms with E-state index in [0.717, 1.165) is 19.3 Å². The van der Waals surface area contributed by atoms with Crippen molar-refractivity contribution in [1.82, 2.24) is 0 Å². The summed E-state index contributed by atoms with van der Waals surface area (Å²) >= 11 is 0. The summed E-state index contributed by atoms with van der Waals surface area (Å²) < 4.78 is 27.8. The van der Waals surface area contributed by atoms with E-state index in [1.54, 1.807) is 6.08 Å². The van der Waals surface area contributed by atoms with Crippen LogP contribution in [0.15, 0.2) is 47.6 Å². The second-order valence-electron chi connectivity index (χ2n) is 8.54. The van der Waals surface area contributed by atoms with E-state index in [9.17, 15) is 18.7 Å². The van der Waals surface area contributed by atoms with E-state index in [-0.39, 0.29) is 40.6 Å². The molecule has 0 radical (unpaired) electrons. The van der Waals surface area contributed by atoms with Gasteiger partial charge in [-0.3, -0.25) is 4.79 Å². The number of ketones is 1. The maximum Gasteiger partial charge on any atom is 0.178 e. The lowest BCUT2D eigenvalue weighted by Gasteiger charge is -2.57. The predicted molar refractivity (Wildman–Crippen MR) is 91.8 cm³/mol. The lowest BCUT2D eigenvalue weighted by Crippen LogP contribution is -2.51. The third kappa shape index (κ3) is 2.06. The number of aliphatic hydroxyl groups is 1. The summed E-state index contributed by atoms with van der Waals surface area (Å²) in [7, 11) is 0. The van der Waals surface area contributed by atoms with Gasteiger partial charge in [-0.05, 0) is 72.2 Å². The highest BCUT2D eigenvalue weighted by atomic mass is 19.1. The normalized spacial score (nSPS) is 49.0. The minimum absolute atomic E-state index is 0.108. The molecule has 2 nitrogen and oxygen atoms in total. The first-order valence-electron chi connectivity index (χ1n) is 9.11. The molecule has 0 unspecified atom stereocenters. The number of rotatable bonds is 0. The highest BCUT2D eigenvalue weighted by Crippen LogP contribution is 2.66. The average Bonchev–Trinajstić information content (AvgIpc) is 2.90. The SMILES string of the molecule is C[C@]12CC[C@H]3[C@@H](C(=CF)C(=CF)C4=CC(=O)C=C[C@@]43C)[C@@H]1CC[C@H]2O. The van der Waals surface area contributed by atoms with Gasteiger partial charge in [0.25, 0.3) is 0 Å². The molecular formula is C21H24F2O2. The Morgan fingerprint density at radius 3 is 2.60 bits per heavy atom. The summed E-state index contributed by atoms with van der Waals surface area (Å²) in [6, 6.07) is 0. The van der Waals surface area contributed by atoms with Crippen LogP contribution in [0.1, 0.15) is 39.5 Å². The zero-order chi connectivity index (χ0) is 18.0. The maximum atomic E-state index is 14.0. The molecule has 4 heteroatoms. The van der Waals surface area contributed by atoms with Crippen LogP contribution in [0.25, 0.3) is 0 Å². The number of hydrogen-bond donors (Lipinski definition) is 1. The third-order valence-electron chi connectivity index (χ3n) is 7.64. The van der Waals surface area contributed by atoms with Crippen molar-refractivity contribution in [3.8, 4) is 0 Å². The highest BCUT2D eigenvalue weighted by molar-refractivity contribution is 6.02. The highest BCUT2D eigenvalue weighted by Gasteiger charge is 2.60. The first-order chi connectivity index (χ1) is 11.9. The predicted octanol–water partition coefficient (Wildman–Crippen LogP) is 4.58. The largest absolute Gasteiger partial charge is 0.393 e. The van der Waals surface area contributed by atoms with Gasteiger partial charge in [-0.1, -0.05) is 19.9 Å². The average molecular weight is 346 g/mol. The fourth-order valence-electron chi connectivity index (χ4n) is 6.19. The van der Waals surface area contributed by atoms with Crippen molar-refractivity contribution in [2.24, 2.45) is 28.6 Å². The van der Waals surface area contributed by atoms with Gasteiger partial charge in [0.05, 0.1) is 18.8 Å². The Balaban J connectivity index is 1.89. The van der Waals surface area contributed by atoms with Crippen LogP contribution >= 0.6 is 0 Å². The van der Waals surface area contributed by atoms with Gasteiger partial charge in [0.1, 0.15) is 0 Å². The molecule has 0 amide bonds. The van der Waals surface area contributed by atoms with E-state index in [1.165, 1.54) is 6.08 Å². The van der Waals surface area contributed by atoms with Crippen molar-refractivity contribution in [3.05, 3.63) is 47.6 Å². The molecule has 0 aromatic rings. The van der Waals surface area contributed by atoms with Gasteiger partial charge in [0, 0.05) is 11.0 Å². The molecular weight excluding hydrogens is 322 g/mol. The molecule has 6 atom stereocenters. The van der Waals surface area contributed by atoms with Gasteiger partial charge in [0.15, 0.2) is 5.78 Å². The lowest BCUT2D eigenvalue weighted by atomic mass is 9.46. The summed E-state index contributed by atoms with van der Waals surface area (Å²) in [4.78, 5) is 11.9. The number of aliphatic hydroxyl groups excluding tert-OH is 1. The second kappa shape index (κ2) is 5.47. The first-order valence-corrected chi connectivity index (χ1v) is 9.11. The molecule has 3 saturated carbocycles. The topological polar surface area (TPSA) is 37.3 Å². The van der Waals surface area contributed by atoms with Crippen LogP contribution in [-0.2, 0) is 4.79 Å². The van der Waals surface area contributed by atoms with Crippen LogP contribution in [0.2, 0.25) is 0 Å². The smallest absolute Gasteiger partial charge is 0.178 e. The number of halogens is 2. The van der Waals surface area contributed by atoms with E-state index in [1.807, 2.05) is 13.0 Å². The minimum Gasteiger partial charge on any atom is -0.393 e. The van der Waals surface area contributed by atoms with E-state index in [2.05, 4.69) is 6.92 Å². The standard InChI is InChI=1S/C21H24F2O2/c1-20-7-5-12(24)9-17(20)13(10-22)14(11-23)19-15-3-4-18(25)21(15,2)8-6-16(19)20/h5,7,9-11,15-16,18-19,25H,3-4,6,8H2,1-2H3/t15-,16-,18+,19-,20+,21-/m0/s1. The Bertz CT molecular complexity index is 747. The van der Waals surface area contributed by atoms with E-state index in [4.69, 9.17) is 0 Å². The molecule has 4 aliphatic carbocycles. The van der Waals surface area contributed by atoms with E-state index >= 15 is 0 Å². The summed E-state index contributed by atoms with van der Waals surface area (Å²) in [5, 5.41) is 10.5. The summed E-state index contributed by atoms with van der Waals surface area (Å²) in [5.74, 6) is -0.0805. The number of hydrogen-bond acceptors (Lipinski definition) is 2. The Kier molecular flexibility index (Phi) is 3.70. The number of carbonyl (C=O) groups is 1. The maximum absolute atomic E-state index is 14.0. The van der Waals surface area contributed by atoms with Crippen molar-refractivity contribution in [2.75, 3.05) is 0 Å². The molecule has 0 saturated heterocycles. The van der Waals surface area contributed by atoms with Crippen LogP contribution in [0.4, 0.5) is 8.78 Å². The van der Waals surface area contributed by atoms with Crippen LogP contribution in [0.5, 0.6) is 0 Å². The van der Waals surface area contributed by atoms with Gasteiger partial charge < -0.3 is 5.11 Å². The number of allylic oxidation sites excluding steroid dienone is 6. The van der Waals surface area contributed by atoms with E-state index < -0.39 is 5.41 Å². The molecule has 0 spiro atoms. The van der Waals surface area contributed by atoms with Crippen LogP contribution in [0, 0.1) is 28.6 Å². The van der Waals surface area contributed by atoms with Crippen LogP contribution < -0.4 is 0 Å². The molecule has 0 aromatic heterocycles. The molecule has 134 valence electrons. The van der Waals surface area contributed by atoms with Gasteiger partial charge in [-0.15, -0.1) is 0 Å². The zero-order valence-electron chi connectivity index (χ0n) is 14.6. The molecule has 0 heterocycles. The fourth-order valence-corrected chi connectivity index (χ4v) is 6.19. The summed E-state index contributed by atoms with van der Waals surface area (Å²) in [5.41, 5.74) is 0.453. The Hall–Kier alpha value is -1.55. The Morgan fingerprint density at radius 2 is 1.92 bits per heavy atom. The quantitative estimate of drug-likeness (QED) is 0.697. The van der Waals surface area contributed by atoms with Crippen molar-refractivity contribution >= 4 is 5.78 Å².